The largest absolute Gasteiger partial charge is 0.366 e. The standard InChI is InChI=1S/C11H12BrN3/c1-15-11(6-7-14-15)13-8-9-2-4-10(12)5-3-9/h2-7,13H,8H2,1H3. The highest BCUT2D eigenvalue weighted by atomic mass is 79.9. The number of benzene rings is 1. The second-order valence-electron chi connectivity index (χ2n) is 3.32. The first kappa shape index (κ1) is 10.2. The maximum Gasteiger partial charge on any atom is 0.124 e. The second kappa shape index (κ2) is 4.49. The van der Waals surface area contributed by atoms with Gasteiger partial charge in [0.1, 0.15) is 5.82 Å². The first-order chi connectivity index (χ1) is 7.25. The minimum atomic E-state index is 0.812. The lowest BCUT2D eigenvalue weighted by atomic mass is 10.2. The molecule has 0 aliphatic rings. The molecule has 0 saturated heterocycles. The van der Waals surface area contributed by atoms with Gasteiger partial charge in [0, 0.05) is 24.1 Å². The Morgan fingerprint density at radius 1 is 1.27 bits per heavy atom. The molecular formula is C11H12BrN3. The lowest BCUT2D eigenvalue weighted by Gasteiger charge is -2.06. The van der Waals surface area contributed by atoms with Gasteiger partial charge in [0.2, 0.25) is 0 Å². The molecule has 3 nitrogen and oxygen atoms in total. The molecule has 1 heterocycles. The van der Waals surface area contributed by atoms with Gasteiger partial charge in [-0.15, -0.1) is 0 Å². The molecule has 1 aromatic heterocycles. The highest BCUT2D eigenvalue weighted by Crippen LogP contribution is 2.12. The third-order valence-corrected chi connectivity index (χ3v) is 2.74. The summed E-state index contributed by atoms with van der Waals surface area (Å²) >= 11 is 3.41. The molecule has 15 heavy (non-hydrogen) atoms. The van der Waals surface area contributed by atoms with Gasteiger partial charge in [0.05, 0.1) is 6.20 Å². The first-order valence-corrected chi connectivity index (χ1v) is 5.51. The predicted octanol–water partition coefficient (Wildman–Crippen LogP) is 2.79. The highest BCUT2D eigenvalue weighted by Gasteiger charge is 1.97. The number of rotatable bonds is 3. The fourth-order valence-corrected chi connectivity index (χ4v) is 1.61. The lowest BCUT2D eigenvalue weighted by molar-refractivity contribution is 0.769. The van der Waals surface area contributed by atoms with Gasteiger partial charge in [-0.2, -0.15) is 5.10 Å². The Morgan fingerprint density at radius 3 is 2.60 bits per heavy atom. The van der Waals surface area contributed by atoms with E-state index < -0.39 is 0 Å². The second-order valence-corrected chi connectivity index (χ2v) is 4.24. The average Bonchev–Trinajstić information content (AvgIpc) is 2.63. The molecule has 2 aromatic rings. The van der Waals surface area contributed by atoms with Crippen LogP contribution in [0.15, 0.2) is 41.0 Å². The van der Waals surface area contributed by atoms with Crippen molar-refractivity contribution in [1.29, 1.82) is 0 Å². The van der Waals surface area contributed by atoms with E-state index in [4.69, 9.17) is 0 Å². The van der Waals surface area contributed by atoms with Gasteiger partial charge in [-0.3, -0.25) is 4.68 Å². The van der Waals surface area contributed by atoms with Gasteiger partial charge in [-0.1, -0.05) is 28.1 Å². The molecule has 0 fully saturated rings. The topological polar surface area (TPSA) is 29.9 Å². The van der Waals surface area contributed by atoms with E-state index in [1.165, 1.54) is 5.56 Å². The van der Waals surface area contributed by atoms with Crippen LogP contribution >= 0.6 is 15.9 Å². The number of anilines is 1. The number of nitrogens with zero attached hydrogens (tertiary/aromatic N) is 2. The summed E-state index contributed by atoms with van der Waals surface area (Å²) in [4.78, 5) is 0. The summed E-state index contributed by atoms with van der Waals surface area (Å²) in [5.74, 6) is 1.03. The maximum atomic E-state index is 4.09. The third kappa shape index (κ3) is 2.59. The molecule has 0 bridgehead atoms. The first-order valence-electron chi connectivity index (χ1n) is 4.72. The van der Waals surface area contributed by atoms with Crippen LogP contribution in [0.25, 0.3) is 0 Å². The molecule has 0 atom stereocenters. The van der Waals surface area contributed by atoms with Crippen molar-refractivity contribution in [3.05, 3.63) is 46.6 Å². The van der Waals surface area contributed by atoms with E-state index in [2.05, 4.69) is 38.5 Å². The Labute approximate surface area is 97.2 Å². The van der Waals surface area contributed by atoms with Crippen molar-refractivity contribution in [2.75, 3.05) is 5.32 Å². The van der Waals surface area contributed by atoms with Crippen LogP contribution in [0.2, 0.25) is 0 Å². The quantitative estimate of drug-likeness (QED) is 0.925. The lowest BCUT2D eigenvalue weighted by Crippen LogP contribution is -2.04. The monoisotopic (exact) mass is 265 g/mol. The summed E-state index contributed by atoms with van der Waals surface area (Å²) in [5, 5.41) is 7.40. The molecule has 0 spiro atoms. The van der Waals surface area contributed by atoms with Crippen LogP contribution in [-0.2, 0) is 13.6 Å². The predicted molar refractivity (Wildman–Crippen MR) is 64.7 cm³/mol. The molecule has 0 saturated carbocycles. The Kier molecular flexibility index (Phi) is 3.06. The van der Waals surface area contributed by atoms with Crippen molar-refractivity contribution >= 4 is 21.7 Å². The molecule has 2 rings (SSSR count). The molecule has 1 aromatic carbocycles. The number of halogens is 1. The smallest absolute Gasteiger partial charge is 0.124 e. The average molecular weight is 266 g/mol. The third-order valence-electron chi connectivity index (χ3n) is 2.21. The summed E-state index contributed by atoms with van der Waals surface area (Å²) in [6.07, 6.45) is 1.78. The molecule has 1 N–H and O–H groups in total. The minimum Gasteiger partial charge on any atom is -0.366 e. The van der Waals surface area contributed by atoms with Gasteiger partial charge < -0.3 is 5.32 Å². The fourth-order valence-electron chi connectivity index (χ4n) is 1.34. The maximum absolute atomic E-state index is 4.09. The summed E-state index contributed by atoms with van der Waals surface area (Å²) in [5.41, 5.74) is 1.25. The zero-order chi connectivity index (χ0) is 10.7. The number of nitrogens with one attached hydrogen (secondary N) is 1. The van der Waals surface area contributed by atoms with E-state index in [-0.39, 0.29) is 0 Å². The number of aromatic nitrogens is 2. The van der Waals surface area contributed by atoms with Crippen molar-refractivity contribution in [2.45, 2.75) is 6.54 Å². The van der Waals surface area contributed by atoms with Crippen LogP contribution in [0.5, 0.6) is 0 Å². The SMILES string of the molecule is Cn1nccc1NCc1ccc(Br)cc1. The normalized spacial score (nSPS) is 10.3. The van der Waals surface area contributed by atoms with Crippen molar-refractivity contribution in [3.63, 3.8) is 0 Å². The number of hydrogen-bond acceptors (Lipinski definition) is 2. The molecule has 0 aliphatic carbocycles. The van der Waals surface area contributed by atoms with Gasteiger partial charge in [0.25, 0.3) is 0 Å². The van der Waals surface area contributed by atoms with Crippen molar-refractivity contribution in [2.24, 2.45) is 7.05 Å². The zero-order valence-corrected chi connectivity index (χ0v) is 10.0. The van der Waals surface area contributed by atoms with Crippen molar-refractivity contribution in [3.8, 4) is 0 Å². The van der Waals surface area contributed by atoms with Gasteiger partial charge in [0.15, 0.2) is 0 Å². The molecule has 0 unspecified atom stereocenters. The molecule has 0 radical (unpaired) electrons. The molecule has 4 heteroatoms. The Bertz CT molecular complexity index is 433. The van der Waals surface area contributed by atoms with Crippen LogP contribution in [-0.4, -0.2) is 9.78 Å². The van der Waals surface area contributed by atoms with Gasteiger partial charge in [-0.05, 0) is 17.7 Å². The fraction of sp³-hybridized carbons (Fsp3) is 0.182. The van der Waals surface area contributed by atoms with E-state index >= 15 is 0 Å². The van der Waals surface area contributed by atoms with Crippen molar-refractivity contribution in [1.82, 2.24) is 9.78 Å². The van der Waals surface area contributed by atoms with Gasteiger partial charge in [-0.25, -0.2) is 0 Å². The number of hydrogen-bond donors (Lipinski definition) is 1. The van der Waals surface area contributed by atoms with Crippen LogP contribution in [0.4, 0.5) is 5.82 Å². The van der Waals surface area contributed by atoms with Crippen LogP contribution < -0.4 is 5.32 Å². The minimum absolute atomic E-state index is 0.812. The Balaban J connectivity index is 1.99. The summed E-state index contributed by atoms with van der Waals surface area (Å²) in [6, 6.07) is 10.2. The molecule has 0 amide bonds. The van der Waals surface area contributed by atoms with E-state index in [1.54, 1.807) is 6.20 Å². The molecular weight excluding hydrogens is 254 g/mol. The van der Waals surface area contributed by atoms with Crippen LogP contribution in [0, 0.1) is 0 Å². The van der Waals surface area contributed by atoms with Gasteiger partial charge >= 0.3 is 0 Å². The summed E-state index contributed by atoms with van der Waals surface area (Å²) in [6.45, 7) is 0.812. The van der Waals surface area contributed by atoms with Crippen molar-refractivity contribution < 1.29 is 0 Å². The number of aryl methyl sites for hydroxylation is 1. The van der Waals surface area contributed by atoms with E-state index in [1.807, 2.05) is 29.9 Å². The van der Waals surface area contributed by atoms with Crippen LogP contribution in [0.1, 0.15) is 5.56 Å². The summed E-state index contributed by atoms with van der Waals surface area (Å²) in [7, 11) is 1.92. The highest BCUT2D eigenvalue weighted by molar-refractivity contribution is 9.10. The summed E-state index contributed by atoms with van der Waals surface area (Å²) < 4.78 is 2.92. The zero-order valence-electron chi connectivity index (χ0n) is 8.44. The Hall–Kier alpha value is -1.29. The molecule has 78 valence electrons. The van der Waals surface area contributed by atoms with E-state index in [9.17, 15) is 0 Å². The molecule has 0 aliphatic heterocycles. The van der Waals surface area contributed by atoms with Crippen LogP contribution in [0.3, 0.4) is 0 Å². The van der Waals surface area contributed by atoms with E-state index in [0.29, 0.717) is 0 Å². The van der Waals surface area contributed by atoms with E-state index in [0.717, 1.165) is 16.8 Å². The Morgan fingerprint density at radius 2 is 2.00 bits per heavy atom.